The smallest absolute Gasteiger partial charge is 0.265 e. The molecule has 1 aliphatic heterocycles. The van der Waals surface area contributed by atoms with Crippen molar-refractivity contribution in [3.05, 3.63) is 20.8 Å². The third kappa shape index (κ3) is 4.28. The lowest BCUT2D eigenvalue weighted by atomic mass is 9.95. The molecule has 0 unspecified atom stereocenters. The maximum atomic E-state index is 12.3. The minimum absolute atomic E-state index is 0.0282. The fourth-order valence-corrected chi connectivity index (χ4v) is 3.88. The third-order valence-electron chi connectivity index (χ3n) is 3.60. The number of rotatable bonds is 5. The fraction of sp³-hybridized carbons (Fsp3) is 0.571. The van der Waals surface area contributed by atoms with Crippen molar-refractivity contribution in [2.75, 3.05) is 26.2 Å². The largest absolute Gasteiger partial charge is 0.396 e. The number of aliphatic hydroxyl groups is 1. The molecule has 1 aromatic heterocycles. The SMILES string of the molecule is O=C(NCCCO)C1CCN(C(=O)c2sccc2Br)CC1. The van der Waals surface area contributed by atoms with Crippen molar-refractivity contribution in [1.29, 1.82) is 0 Å². The molecule has 2 rings (SSSR count). The second-order valence-corrected chi connectivity index (χ2v) is 6.80. The molecule has 0 radical (unpaired) electrons. The van der Waals surface area contributed by atoms with Gasteiger partial charge in [-0.25, -0.2) is 0 Å². The molecule has 1 saturated heterocycles. The van der Waals surface area contributed by atoms with Gasteiger partial charge in [0.15, 0.2) is 0 Å². The number of carbonyl (C=O) groups excluding carboxylic acids is 2. The Morgan fingerprint density at radius 1 is 1.43 bits per heavy atom. The molecular weight excluding hydrogens is 356 g/mol. The zero-order valence-corrected chi connectivity index (χ0v) is 14.1. The van der Waals surface area contributed by atoms with Gasteiger partial charge < -0.3 is 15.3 Å². The number of amides is 2. The summed E-state index contributed by atoms with van der Waals surface area (Å²) in [5, 5.41) is 13.4. The highest BCUT2D eigenvalue weighted by molar-refractivity contribution is 9.10. The highest BCUT2D eigenvalue weighted by atomic mass is 79.9. The van der Waals surface area contributed by atoms with Crippen LogP contribution in [0.3, 0.4) is 0 Å². The van der Waals surface area contributed by atoms with Gasteiger partial charge in [-0.05, 0) is 46.6 Å². The summed E-state index contributed by atoms with van der Waals surface area (Å²) in [4.78, 5) is 26.8. The molecule has 2 heterocycles. The van der Waals surface area contributed by atoms with Crippen molar-refractivity contribution in [2.45, 2.75) is 19.3 Å². The Labute approximate surface area is 136 Å². The van der Waals surface area contributed by atoms with E-state index in [1.165, 1.54) is 11.3 Å². The Balaban J connectivity index is 1.82. The van der Waals surface area contributed by atoms with Gasteiger partial charge >= 0.3 is 0 Å². The average molecular weight is 375 g/mol. The number of carbonyl (C=O) groups is 2. The molecule has 0 spiro atoms. The lowest BCUT2D eigenvalue weighted by molar-refractivity contribution is -0.126. The van der Waals surface area contributed by atoms with Crippen molar-refractivity contribution in [2.24, 2.45) is 5.92 Å². The van der Waals surface area contributed by atoms with Gasteiger partial charge in [-0.1, -0.05) is 0 Å². The summed E-state index contributed by atoms with van der Waals surface area (Å²) in [6.45, 7) is 1.82. The number of hydrogen-bond donors (Lipinski definition) is 2. The molecule has 1 aromatic rings. The van der Waals surface area contributed by atoms with Crippen molar-refractivity contribution in [3.8, 4) is 0 Å². The van der Waals surface area contributed by atoms with E-state index in [4.69, 9.17) is 5.11 Å². The normalized spacial score (nSPS) is 16.0. The summed E-state index contributed by atoms with van der Waals surface area (Å²) in [6, 6.07) is 1.87. The highest BCUT2D eigenvalue weighted by Crippen LogP contribution is 2.26. The van der Waals surface area contributed by atoms with E-state index in [1.807, 2.05) is 16.3 Å². The molecular formula is C14H19BrN2O3S. The summed E-state index contributed by atoms with van der Waals surface area (Å²) in [6.07, 6.45) is 1.97. The predicted molar refractivity (Wildman–Crippen MR) is 85.4 cm³/mol. The summed E-state index contributed by atoms with van der Waals surface area (Å²) >= 11 is 4.81. The van der Waals surface area contributed by atoms with E-state index in [9.17, 15) is 9.59 Å². The van der Waals surface area contributed by atoms with Crippen LogP contribution in [0.5, 0.6) is 0 Å². The molecule has 0 saturated carbocycles. The molecule has 0 bridgehead atoms. The van der Waals surface area contributed by atoms with Crippen LogP contribution in [-0.4, -0.2) is 48.1 Å². The Bertz CT molecular complexity index is 498. The minimum atomic E-state index is -0.0282. The molecule has 21 heavy (non-hydrogen) atoms. The minimum Gasteiger partial charge on any atom is -0.396 e. The molecule has 7 heteroatoms. The van der Waals surface area contributed by atoms with Crippen LogP contribution < -0.4 is 5.32 Å². The predicted octanol–water partition coefficient (Wildman–Crippen LogP) is 1.86. The third-order valence-corrected chi connectivity index (χ3v) is 5.42. The van der Waals surface area contributed by atoms with Crippen LogP contribution in [0.4, 0.5) is 0 Å². The van der Waals surface area contributed by atoms with Crippen LogP contribution in [0.2, 0.25) is 0 Å². The van der Waals surface area contributed by atoms with E-state index in [0.717, 1.165) is 9.35 Å². The maximum absolute atomic E-state index is 12.3. The first-order valence-electron chi connectivity index (χ1n) is 7.04. The van der Waals surface area contributed by atoms with E-state index >= 15 is 0 Å². The summed E-state index contributed by atoms with van der Waals surface area (Å²) < 4.78 is 0.835. The Morgan fingerprint density at radius 3 is 2.71 bits per heavy atom. The first-order chi connectivity index (χ1) is 10.1. The van der Waals surface area contributed by atoms with Crippen LogP contribution in [0.25, 0.3) is 0 Å². The number of hydrogen-bond acceptors (Lipinski definition) is 4. The maximum Gasteiger partial charge on any atom is 0.265 e. The van der Waals surface area contributed by atoms with Crippen LogP contribution in [0.15, 0.2) is 15.9 Å². The fourth-order valence-electron chi connectivity index (χ4n) is 2.37. The van der Waals surface area contributed by atoms with Crippen molar-refractivity contribution in [3.63, 3.8) is 0 Å². The van der Waals surface area contributed by atoms with E-state index < -0.39 is 0 Å². The average Bonchev–Trinajstić information content (AvgIpc) is 2.93. The van der Waals surface area contributed by atoms with E-state index in [1.54, 1.807) is 0 Å². The number of halogens is 1. The molecule has 1 fully saturated rings. The molecule has 0 aliphatic carbocycles. The van der Waals surface area contributed by atoms with Gasteiger partial charge in [-0.3, -0.25) is 9.59 Å². The van der Waals surface area contributed by atoms with Gasteiger partial charge in [-0.2, -0.15) is 0 Å². The van der Waals surface area contributed by atoms with Crippen LogP contribution >= 0.6 is 27.3 Å². The Morgan fingerprint density at radius 2 is 2.14 bits per heavy atom. The van der Waals surface area contributed by atoms with E-state index in [0.29, 0.717) is 38.9 Å². The van der Waals surface area contributed by atoms with E-state index in [2.05, 4.69) is 21.2 Å². The summed E-state index contributed by atoms with van der Waals surface area (Å²) in [7, 11) is 0. The van der Waals surface area contributed by atoms with Crippen molar-refractivity contribution < 1.29 is 14.7 Å². The zero-order valence-electron chi connectivity index (χ0n) is 11.7. The molecule has 0 aromatic carbocycles. The first kappa shape index (κ1) is 16.5. The second-order valence-electron chi connectivity index (χ2n) is 5.03. The summed E-state index contributed by atoms with van der Waals surface area (Å²) in [5.74, 6) is 0.0448. The van der Waals surface area contributed by atoms with Gasteiger partial charge in [0, 0.05) is 36.6 Å². The standard InChI is InChI=1S/C14H19BrN2O3S/c15-11-4-9-21-12(11)14(20)17-6-2-10(3-7-17)13(19)16-5-1-8-18/h4,9-10,18H,1-3,5-8H2,(H,16,19). The van der Waals surface area contributed by atoms with Gasteiger partial charge in [0.25, 0.3) is 5.91 Å². The quantitative estimate of drug-likeness (QED) is 0.772. The molecule has 2 amide bonds. The number of nitrogens with one attached hydrogen (secondary N) is 1. The van der Waals surface area contributed by atoms with Gasteiger partial charge in [0.05, 0.1) is 0 Å². The van der Waals surface area contributed by atoms with Crippen molar-refractivity contribution in [1.82, 2.24) is 10.2 Å². The van der Waals surface area contributed by atoms with Gasteiger partial charge in [0.2, 0.25) is 5.91 Å². The Kier molecular flexibility index (Phi) is 6.20. The second kappa shape index (κ2) is 7.91. The van der Waals surface area contributed by atoms with Crippen LogP contribution in [-0.2, 0) is 4.79 Å². The van der Waals surface area contributed by atoms with Crippen molar-refractivity contribution >= 4 is 39.1 Å². The number of aliphatic hydroxyl groups excluding tert-OH is 1. The monoisotopic (exact) mass is 374 g/mol. The van der Waals surface area contributed by atoms with E-state index in [-0.39, 0.29) is 24.3 Å². The van der Waals surface area contributed by atoms with Gasteiger partial charge in [-0.15, -0.1) is 11.3 Å². The topological polar surface area (TPSA) is 69.6 Å². The number of nitrogens with zero attached hydrogens (tertiary/aromatic N) is 1. The first-order valence-corrected chi connectivity index (χ1v) is 8.71. The molecule has 1 aliphatic rings. The van der Waals surface area contributed by atoms with Gasteiger partial charge in [0.1, 0.15) is 4.88 Å². The lowest BCUT2D eigenvalue weighted by Crippen LogP contribution is -2.43. The zero-order chi connectivity index (χ0) is 15.2. The lowest BCUT2D eigenvalue weighted by Gasteiger charge is -2.31. The molecule has 116 valence electrons. The number of thiophene rings is 1. The Hall–Kier alpha value is -0.920. The molecule has 0 atom stereocenters. The summed E-state index contributed by atoms with van der Waals surface area (Å²) in [5.41, 5.74) is 0. The number of piperidine rings is 1. The molecule has 2 N–H and O–H groups in total. The van der Waals surface area contributed by atoms with Crippen LogP contribution in [0, 0.1) is 5.92 Å². The molecule has 5 nitrogen and oxygen atoms in total. The van der Waals surface area contributed by atoms with Crippen LogP contribution in [0.1, 0.15) is 28.9 Å². The number of likely N-dealkylation sites (tertiary alicyclic amines) is 1. The highest BCUT2D eigenvalue weighted by Gasteiger charge is 2.28.